The lowest BCUT2D eigenvalue weighted by Crippen LogP contribution is -2.49. The number of amides is 1. The molecule has 0 saturated carbocycles. The summed E-state index contributed by atoms with van der Waals surface area (Å²) in [6.45, 7) is 5.87. The molecule has 9 heteroatoms. The molecule has 1 aliphatic rings. The second kappa shape index (κ2) is 8.44. The largest absolute Gasteiger partial charge is 0.353 e. The number of aromatic nitrogens is 2. The zero-order valence-electron chi connectivity index (χ0n) is 16.9. The third-order valence-electron chi connectivity index (χ3n) is 4.95. The van der Waals surface area contributed by atoms with Crippen molar-refractivity contribution in [3.63, 3.8) is 0 Å². The van der Waals surface area contributed by atoms with Gasteiger partial charge in [0.05, 0.1) is 17.6 Å². The standard InChI is InChI=1S/C20H25FN4O3S/c1-14-10-15(2)20(23-12-14)16-11-18(22-13-17(16)21)24-5-7-25(8-6-24)19(26)4-9-29(3,27)28/h10-13H,4-9H2,1-3H3. The number of anilines is 1. The number of pyridine rings is 2. The van der Waals surface area contributed by atoms with Crippen LogP contribution in [0.4, 0.5) is 10.2 Å². The maximum atomic E-state index is 14.4. The molecule has 1 amide bonds. The van der Waals surface area contributed by atoms with E-state index in [0.29, 0.717) is 43.3 Å². The fourth-order valence-electron chi connectivity index (χ4n) is 3.40. The van der Waals surface area contributed by atoms with Crippen molar-refractivity contribution in [1.82, 2.24) is 14.9 Å². The predicted molar refractivity (Wildman–Crippen MR) is 110 cm³/mol. The number of sulfone groups is 1. The number of carbonyl (C=O) groups is 1. The lowest BCUT2D eigenvalue weighted by molar-refractivity contribution is -0.131. The molecule has 7 nitrogen and oxygen atoms in total. The van der Waals surface area contributed by atoms with Crippen LogP contribution in [0.1, 0.15) is 17.5 Å². The second-order valence-corrected chi connectivity index (χ2v) is 9.71. The minimum Gasteiger partial charge on any atom is -0.353 e. The Morgan fingerprint density at radius 2 is 1.79 bits per heavy atom. The first-order valence-electron chi connectivity index (χ1n) is 9.43. The number of halogens is 1. The summed E-state index contributed by atoms with van der Waals surface area (Å²) in [5, 5.41) is 0. The van der Waals surface area contributed by atoms with E-state index in [4.69, 9.17) is 0 Å². The lowest BCUT2D eigenvalue weighted by atomic mass is 10.1. The summed E-state index contributed by atoms with van der Waals surface area (Å²) in [6, 6.07) is 3.66. The molecular formula is C20H25FN4O3S. The summed E-state index contributed by atoms with van der Waals surface area (Å²) < 4.78 is 36.9. The zero-order valence-corrected chi connectivity index (χ0v) is 17.7. The van der Waals surface area contributed by atoms with Gasteiger partial charge in [0.2, 0.25) is 5.91 Å². The van der Waals surface area contributed by atoms with Crippen molar-refractivity contribution >= 4 is 21.6 Å². The van der Waals surface area contributed by atoms with E-state index in [1.54, 1.807) is 17.2 Å². The van der Waals surface area contributed by atoms with Crippen LogP contribution in [0.25, 0.3) is 11.3 Å². The Hall–Kier alpha value is -2.55. The van der Waals surface area contributed by atoms with E-state index in [2.05, 4.69) is 9.97 Å². The van der Waals surface area contributed by atoms with Gasteiger partial charge in [0.25, 0.3) is 0 Å². The van der Waals surface area contributed by atoms with E-state index in [-0.39, 0.29) is 18.1 Å². The van der Waals surface area contributed by atoms with Crippen LogP contribution in [0, 0.1) is 19.7 Å². The summed E-state index contributed by atoms with van der Waals surface area (Å²) in [6.07, 6.45) is 4.04. The van der Waals surface area contributed by atoms with Crippen LogP contribution in [-0.2, 0) is 14.6 Å². The molecule has 0 spiro atoms. The molecule has 1 fully saturated rings. The Morgan fingerprint density at radius 1 is 1.10 bits per heavy atom. The topological polar surface area (TPSA) is 83.5 Å². The van der Waals surface area contributed by atoms with Gasteiger partial charge in [0.1, 0.15) is 15.7 Å². The van der Waals surface area contributed by atoms with Gasteiger partial charge >= 0.3 is 0 Å². The summed E-state index contributed by atoms with van der Waals surface area (Å²) in [5.41, 5.74) is 2.89. The SMILES string of the molecule is Cc1cnc(-c2cc(N3CCN(C(=O)CCS(C)(=O)=O)CC3)ncc2F)c(C)c1. The molecule has 2 aromatic rings. The highest BCUT2D eigenvalue weighted by Crippen LogP contribution is 2.28. The maximum Gasteiger partial charge on any atom is 0.223 e. The number of piperazine rings is 1. The molecule has 1 saturated heterocycles. The van der Waals surface area contributed by atoms with Crippen LogP contribution >= 0.6 is 0 Å². The van der Waals surface area contributed by atoms with Crippen molar-refractivity contribution in [1.29, 1.82) is 0 Å². The first-order valence-corrected chi connectivity index (χ1v) is 11.5. The monoisotopic (exact) mass is 420 g/mol. The van der Waals surface area contributed by atoms with Gasteiger partial charge in [-0.2, -0.15) is 0 Å². The van der Waals surface area contributed by atoms with Crippen LogP contribution in [-0.4, -0.2) is 67.4 Å². The fraction of sp³-hybridized carbons (Fsp3) is 0.450. The first-order chi connectivity index (χ1) is 13.6. The van der Waals surface area contributed by atoms with Gasteiger partial charge in [-0.3, -0.25) is 9.78 Å². The van der Waals surface area contributed by atoms with Gasteiger partial charge in [-0.1, -0.05) is 6.07 Å². The average molecular weight is 421 g/mol. The molecule has 0 radical (unpaired) electrons. The number of nitrogens with zero attached hydrogens (tertiary/aromatic N) is 4. The minimum absolute atomic E-state index is 0.00382. The van der Waals surface area contributed by atoms with Gasteiger partial charge in [0, 0.05) is 50.6 Å². The molecule has 3 rings (SSSR count). The van der Waals surface area contributed by atoms with Crippen molar-refractivity contribution in [2.75, 3.05) is 43.1 Å². The number of carbonyl (C=O) groups excluding carboxylic acids is 1. The van der Waals surface area contributed by atoms with Crippen LogP contribution in [0.15, 0.2) is 24.5 Å². The second-order valence-electron chi connectivity index (χ2n) is 7.45. The molecule has 156 valence electrons. The van der Waals surface area contributed by atoms with E-state index >= 15 is 0 Å². The van der Waals surface area contributed by atoms with Gasteiger partial charge in [-0.05, 0) is 31.0 Å². The normalized spacial score (nSPS) is 14.9. The van der Waals surface area contributed by atoms with Gasteiger partial charge < -0.3 is 9.80 Å². The van der Waals surface area contributed by atoms with Crippen molar-refractivity contribution in [3.8, 4) is 11.3 Å². The molecule has 0 aliphatic carbocycles. The third-order valence-corrected chi connectivity index (χ3v) is 5.90. The Kier molecular flexibility index (Phi) is 6.16. The molecule has 0 N–H and O–H groups in total. The summed E-state index contributed by atoms with van der Waals surface area (Å²) >= 11 is 0. The van der Waals surface area contributed by atoms with Crippen molar-refractivity contribution in [2.24, 2.45) is 0 Å². The highest BCUT2D eigenvalue weighted by Gasteiger charge is 2.23. The van der Waals surface area contributed by atoms with Crippen molar-refractivity contribution in [3.05, 3.63) is 41.5 Å². The number of hydrogen-bond acceptors (Lipinski definition) is 6. The van der Waals surface area contributed by atoms with E-state index in [1.807, 2.05) is 24.8 Å². The summed E-state index contributed by atoms with van der Waals surface area (Å²) in [7, 11) is -3.16. The predicted octanol–water partition coefficient (Wildman–Crippen LogP) is 1.98. The number of rotatable bonds is 5. The molecule has 3 heterocycles. The Labute approximate surface area is 170 Å². The Bertz CT molecular complexity index is 1020. The van der Waals surface area contributed by atoms with Crippen molar-refractivity contribution in [2.45, 2.75) is 20.3 Å². The zero-order chi connectivity index (χ0) is 21.2. The van der Waals surface area contributed by atoms with Crippen LogP contribution in [0.5, 0.6) is 0 Å². The number of aryl methyl sites for hydroxylation is 2. The summed E-state index contributed by atoms with van der Waals surface area (Å²) in [4.78, 5) is 24.5. The van der Waals surface area contributed by atoms with Crippen LogP contribution in [0.3, 0.4) is 0 Å². The lowest BCUT2D eigenvalue weighted by Gasteiger charge is -2.35. The summed E-state index contributed by atoms with van der Waals surface area (Å²) in [5.74, 6) is -0.103. The van der Waals surface area contributed by atoms with Gasteiger partial charge in [0.15, 0.2) is 5.82 Å². The van der Waals surface area contributed by atoms with E-state index in [9.17, 15) is 17.6 Å². The Morgan fingerprint density at radius 3 is 2.41 bits per heavy atom. The molecule has 0 unspecified atom stereocenters. The van der Waals surface area contributed by atoms with Gasteiger partial charge in [-0.15, -0.1) is 0 Å². The fourth-order valence-corrected chi connectivity index (χ4v) is 3.94. The smallest absolute Gasteiger partial charge is 0.223 e. The average Bonchev–Trinajstić information content (AvgIpc) is 2.66. The quantitative estimate of drug-likeness (QED) is 0.736. The molecule has 0 aromatic carbocycles. The highest BCUT2D eigenvalue weighted by molar-refractivity contribution is 7.90. The highest BCUT2D eigenvalue weighted by atomic mass is 32.2. The molecule has 0 atom stereocenters. The molecule has 2 aromatic heterocycles. The van der Waals surface area contributed by atoms with E-state index in [1.165, 1.54) is 6.20 Å². The first kappa shape index (κ1) is 21.2. The van der Waals surface area contributed by atoms with Crippen LogP contribution < -0.4 is 4.90 Å². The van der Waals surface area contributed by atoms with Gasteiger partial charge in [-0.25, -0.2) is 17.8 Å². The minimum atomic E-state index is -3.16. The molecular weight excluding hydrogens is 395 g/mol. The van der Waals surface area contributed by atoms with E-state index < -0.39 is 15.7 Å². The number of hydrogen-bond donors (Lipinski definition) is 0. The molecule has 29 heavy (non-hydrogen) atoms. The maximum absolute atomic E-state index is 14.4. The van der Waals surface area contributed by atoms with Crippen molar-refractivity contribution < 1.29 is 17.6 Å². The molecule has 1 aliphatic heterocycles. The third kappa shape index (κ3) is 5.29. The Balaban J connectivity index is 1.71. The van der Waals surface area contributed by atoms with E-state index in [0.717, 1.165) is 17.4 Å². The molecule has 0 bridgehead atoms. The van der Waals surface area contributed by atoms with Crippen LogP contribution in [0.2, 0.25) is 0 Å².